The Morgan fingerprint density at radius 1 is 1.29 bits per heavy atom. The largest absolute Gasteiger partial charge is 0.375 e. The van der Waals surface area contributed by atoms with Crippen molar-refractivity contribution in [1.29, 1.82) is 0 Å². The monoisotopic (exact) mass is 282 g/mol. The molecule has 3 aromatic rings. The van der Waals surface area contributed by atoms with Crippen molar-refractivity contribution in [2.24, 2.45) is 7.05 Å². The van der Waals surface area contributed by atoms with Crippen LogP contribution in [0.3, 0.4) is 0 Å². The minimum Gasteiger partial charge on any atom is -0.375 e. The molecule has 0 aliphatic carbocycles. The van der Waals surface area contributed by atoms with Crippen molar-refractivity contribution < 1.29 is 0 Å². The lowest BCUT2D eigenvalue weighted by Gasteiger charge is -2.17. The maximum absolute atomic E-state index is 4.40. The maximum Gasteiger partial charge on any atom is 0.183 e. The molecule has 0 radical (unpaired) electrons. The quantitative estimate of drug-likeness (QED) is 0.771. The van der Waals surface area contributed by atoms with Gasteiger partial charge in [0.25, 0.3) is 0 Å². The molecular weight excluding hydrogens is 264 g/mol. The SMILES string of the molecule is Cc1nc(-c2ccccc2NC(C)c2nccn2C)n[nH]1. The van der Waals surface area contributed by atoms with Gasteiger partial charge in [0.05, 0.1) is 6.04 Å². The number of nitrogens with one attached hydrogen (secondary N) is 2. The van der Waals surface area contributed by atoms with Gasteiger partial charge in [-0.1, -0.05) is 12.1 Å². The van der Waals surface area contributed by atoms with Crippen molar-refractivity contribution in [2.75, 3.05) is 5.32 Å². The standard InChI is InChI=1S/C15H18N6/c1-10(15-16-8-9-21(15)3)17-13-7-5-4-6-12(13)14-18-11(2)19-20-14/h4-10,17H,1-3H3,(H,18,19,20). The van der Waals surface area contributed by atoms with E-state index in [0.29, 0.717) is 5.82 Å². The summed E-state index contributed by atoms with van der Waals surface area (Å²) in [7, 11) is 1.99. The van der Waals surface area contributed by atoms with E-state index in [2.05, 4.69) is 32.4 Å². The summed E-state index contributed by atoms with van der Waals surface area (Å²) < 4.78 is 2.01. The summed E-state index contributed by atoms with van der Waals surface area (Å²) in [5.74, 6) is 2.48. The summed E-state index contributed by atoms with van der Waals surface area (Å²) >= 11 is 0. The molecule has 6 heteroatoms. The highest BCUT2D eigenvalue weighted by Crippen LogP contribution is 2.27. The second kappa shape index (κ2) is 5.40. The number of H-pyrrole nitrogens is 1. The Morgan fingerprint density at radius 2 is 2.10 bits per heavy atom. The third-order valence-electron chi connectivity index (χ3n) is 3.38. The molecule has 1 atom stereocenters. The van der Waals surface area contributed by atoms with Crippen LogP contribution in [0.1, 0.15) is 24.6 Å². The first kappa shape index (κ1) is 13.4. The van der Waals surface area contributed by atoms with Crippen LogP contribution in [0.2, 0.25) is 0 Å². The molecule has 0 bridgehead atoms. The number of hydrogen-bond acceptors (Lipinski definition) is 4. The summed E-state index contributed by atoms with van der Waals surface area (Å²) in [5.41, 5.74) is 1.97. The van der Waals surface area contributed by atoms with Crippen molar-refractivity contribution in [3.05, 3.63) is 48.3 Å². The third-order valence-corrected chi connectivity index (χ3v) is 3.38. The van der Waals surface area contributed by atoms with E-state index >= 15 is 0 Å². The lowest BCUT2D eigenvalue weighted by molar-refractivity contribution is 0.722. The normalized spacial score (nSPS) is 12.3. The minimum atomic E-state index is 0.0891. The van der Waals surface area contributed by atoms with Crippen LogP contribution in [0, 0.1) is 6.92 Å². The maximum atomic E-state index is 4.40. The molecule has 0 fully saturated rings. The van der Waals surface area contributed by atoms with Crippen LogP contribution >= 0.6 is 0 Å². The molecule has 0 aliphatic rings. The van der Waals surface area contributed by atoms with Gasteiger partial charge in [0.2, 0.25) is 0 Å². The number of anilines is 1. The number of imidazole rings is 1. The van der Waals surface area contributed by atoms with Crippen molar-refractivity contribution >= 4 is 5.69 Å². The zero-order valence-corrected chi connectivity index (χ0v) is 12.3. The van der Waals surface area contributed by atoms with E-state index in [4.69, 9.17) is 0 Å². The Bertz CT molecular complexity index is 742. The molecule has 108 valence electrons. The Balaban J connectivity index is 1.91. The van der Waals surface area contributed by atoms with Crippen molar-refractivity contribution in [1.82, 2.24) is 24.7 Å². The van der Waals surface area contributed by atoms with Crippen LogP contribution in [0.25, 0.3) is 11.4 Å². The van der Waals surface area contributed by atoms with E-state index in [0.717, 1.165) is 22.9 Å². The lowest BCUT2D eigenvalue weighted by Crippen LogP contribution is -2.12. The first-order chi connectivity index (χ1) is 10.1. The van der Waals surface area contributed by atoms with Gasteiger partial charge >= 0.3 is 0 Å². The van der Waals surface area contributed by atoms with Crippen LogP contribution in [-0.2, 0) is 7.05 Å². The van der Waals surface area contributed by atoms with Crippen LogP contribution in [0.4, 0.5) is 5.69 Å². The highest BCUT2D eigenvalue weighted by atomic mass is 15.2. The molecule has 2 heterocycles. The molecule has 2 N–H and O–H groups in total. The highest BCUT2D eigenvalue weighted by molar-refractivity contribution is 5.73. The van der Waals surface area contributed by atoms with Crippen LogP contribution in [0.15, 0.2) is 36.7 Å². The number of nitrogens with zero attached hydrogens (tertiary/aromatic N) is 4. The Hall–Kier alpha value is -2.63. The average Bonchev–Trinajstić information content (AvgIpc) is 3.08. The van der Waals surface area contributed by atoms with Gasteiger partial charge in [-0.05, 0) is 26.0 Å². The molecule has 21 heavy (non-hydrogen) atoms. The van der Waals surface area contributed by atoms with Gasteiger partial charge in [0.1, 0.15) is 11.6 Å². The van der Waals surface area contributed by atoms with E-state index in [1.54, 1.807) is 6.20 Å². The number of rotatable bonds is 4. The number of benzene rings is 1. The molecule has 1 aromatic carbocycles. The number of para-hydroxylation sites is 1. The summed E-state index contributed by atoms with van der Waals surface area (Å²) in [4.78, 5) is 8.78. The molecular formula is C15H18N6. The molecule has 0 saturated carbocycles. The smallest absolute Gasteiger partial charge is 0.183 e. The highest BCUT2D eigenvalue weighted by Gasteiger charge is 2.14. The third kappa shape index (κ3) is 2.65. The first-order valence-corrected chi connectivity index (χ1v) is 6.87. The summed E-state index contributed by atoms with van der Waals surface area (Å²) in [6.07, 6.45) is 3.75. The molecule has 2 aromatic heterocycles. The van der Waals surface area contributed by atoms with E-state index in [1.165, 1.54) is 0 Å². The van der Waals surface area contributed by atoms with Crippen LogP contribution in [0.5, 0.6) is 0 Å². The van der Waals surface area contributed by atoms with Crippen molar-refractivity contribution in [2.45, 2.75) is 19.9 Å². The number of aryl methyl sites for hydroxylation is 2. The predicted molar refractivity (Wildman–Crippen MR) is 81.8 cm³/mol. The topological polar surface area (TPSA) is 71.4 Å². The van der Waals surface area contributed by atoms with E-state index < -0.39 is 0 Å². The number of aromatic amines is 1. The van der Waals surface area contributed by atoms with Gasteiger partial charge in [-0.2, -0.15) is 5.10 Å². The summed E-state index contributed by atoms with van der Waals surface area (Å²) in [6.45, 7) is 3.98. The molecule has 0 saturated heterocycles. The number of aromatic nitrogens is 5. The van der Waals surface area contributed by atoms with E-state index in [9.17, 15) is 0 Å². The lowest BCUT2D eigenvalue weighted by atomic mass is 10.1. The van der Waals surface area contributed by atoms with Gasteiger partial charge in [0.15, 0.2) is 5.82 Å². The Labute approximate surface area is 123 Å². The van der Waals surface area contributed by atoms with Crippen molar-refractivity contribution in [3.8, 4) is 11.4 Å². The zero-order chi connectivity index (χ0) is 14.8. The molecule has 0 spiro atoms. The molecule has 3 rings (SSSR count). The van der Waals surface area contributed by atoms with Gasteiger partial charge in [-0.3, -0.25) is 5.10 Å². The van der Waals surface area contributed by atoms with Crippen LogP contribution < -0.4 is 5.32 Å². The van der Waals surface area contributed by atoms with Crippen LogP contribution in [-0.4, -0.2) is 24.7 Å². The zero-order valence-electron chi connectivity index (χ0n) is 12.3. The van der Waals surface area contributed by atoms with Gasteiger partial charge in [0, 0.05) is 30.7 Å². The second-order valence-electron chi connectivity index (χ2n) is 5.05. The van der Waals surface area contributed by atoms with E-state index in [1.807, 2.05) is 49.0 Å². The Morgan fingerprint density at radius 3 is 2.76 bits per heavy atom. The molecule has 0 aliphatic heterocycles. The fourth-order valence-corrected chi connectivity index (χ4v) is 2.36. The van der Waals surface area contributed by atoms with Gasteiger partial charge < -0.3 is 9.88 Å². The molecule has 0 amide bonds. The molecule has 1 unspecified atom stereocenters. The molecule has 6 nitrogen and oxygen atoms in total. The average molecular weight is 282 g/mol. The van der Waals surface area contributed by atoms with Gasteiger partial charge in [-0.25, -0.2) is 9.97 Å². The minimum absolute atomic E-state index is 0.0891. The summed E-state index contributed by atoms with van der Waals surface area (Å²) in [5, 5.41) is 10.6. The number of hydrogen-bond donors (Lipinski definition) is 2. The fourth-order valence-electron chi connectivity index (χ4n) is 2.36. The second-order valence-corrected chi connectivity index (χ2v) is 5.05. The fraction of sp³-hybridized carbons (Fsp3) is 0.267. The van der Waals surface area contributed by atoms with E-state index in [-0.39, 0.29) is 6.04 Å². The Kier molecular flexibility index (Phi) is 3.43. The van der Waals surface area contributed by atoms with Gasteiger partial charge in [-0.15, -0.1) is 0 Å². The first-order valence-electron chi connectivity index (χ1n) is 6.87. The van der Waals surface area contributed by atoms with Crippen molar-refractivity contribution in [3.63, 3.8) is 0 Å². The predicted octanol–water partition coefficient (Wildman–Crippen LogP) is 2.69. The summed E-state index contributed by atoms with van der Waals surface area (Å²) in [6, 6.07) is 8.11.